The summed E-state index contributed by atoms with van der Waals surface area (Å²) in [6, 6.07) is 0.687. The molecule has 0 amide bonds. The zero-order valence-corrected chi connectivity index (χ0v) is 10.3. The van der Waals surface area contributed by atoms with Crippen molar-refractivity contribution < 1.29 is 5.11 Å². The van der Waals surface area contributed by atoms with E-state index >= 15 is 0 Å². The van der Waals surface area contributed by atoms with Crippen molar-refractivity contribution in [2.45, 2.75) is 38.6 Å². The molecule has 0 spiro atoms. The normalized spacial score (nSPS) is 25.4. The highest BCUT2D eigenvalue weighted by molar-refractivity contribution is 4.74. The fourth-order valence-electron chi connectivity index (χ4n) is 2.36. The molecule has 15 heavy (non-hydrogen) atoms. The Hall–Kier alpha value is -0.120. The number of aliphatic hydroxyl groups excluding tert-OH is 1. The second kappa shape index (κ2) is 7.20. The molecule has 0 aromatic carbocycles. The van der Waals surface area contributed by atoms with E-state index in [9.17, 15) is 0 Å². The first kappa shape index (κ1) is 12.9. The van der Waals surface area contributed by atoms with Crippen molar-refractivity contribution in [3.05, 3.63) is 0 Å². The molecule has 1 aliphatic heterocycles. The molecule has 0 radical (unpaired) electrons. The largest absolute Gasteiger partial charge is 0.396 e. The van der Waals surface area contributed by atoms with Gasteiger partial charge in [0, 0.05) is 19.2 Å². The number of hydrogen-bond donors (Lipinski definition) is 1. The number of likely N-dealkylation sites (N-methyl/N-ethyl adjacent to an activating group) is 1. The summed E-state index contributed by atoms with van der Waals surface area (Å²) in [5.41, 5.74) is 0. The molecule has 90 valence electrons. The molecule has 0 aromatic heterocycles. The van der Waals surface area contributed by atoms with Gasteiger partial charge >= 0.3 is 0 Å². The summed E-state index contributed by atoms with van der Waals surface area (Å²) >= 11 is 0. The molecule has 0 aromatic rings. The minimum atomic E-state index is 0.346. The summed E-state index contributed by atoms with van der Waals surface area (Å²) in [7, 11) is 2.21. The number of hydrogen-bond acceptors (Lipinski definition) is 3. The maximum atomic E-state index is 8.71. The van der Waals surface area contributed by atoms with E-state index in [1.54, 1.807) is 0 Å². The predicted molar refractivity (Wildman–Crippen MR) is 64.1 cm³/mol. The molecule has 1 aliphatic rings. The Balaban J connectivity index is 2.20. The van der Waals surface area contributed by atoms with Gasteiger partial charge in [0.05, 0.1) is 0 Å². The summed E-state index contributed by atoms with van der Waals surface area (Å²) in [4.78, 5) is 5.03. The number of aliphatic hydroxyl groups is 1. The van der Waals surface area contributed by atoms with Crippen LogP contribution in [-0.4, -0.2) is 60.8 Å². The first-order chi connectivity index (χ1) is 7.24. The molecule has 0 saturated carbocycles. The topological polar surface area (TPSA) is 26.7 Å². The van der Waals surface area contributed by atoms with Crippen LogP contribution in [0, 0.1) is 0 Å². The van der Waals surface area contributed by atoms with Crippen molar-refractivity contribution in [2.24, 2.45) is 0 Å². The maximum absolute atomic E-state index is 8.71. The Morgan fingerprint density at radius 3 is 2.73 bits per heavy atom. The zero-order valence-electron chi connectivity index (χ0n) is 10.3. The van der Waals surface area contributed by atoms with Crippen LogP contribution in [0.3, 0.4) is 0 Å². The van der Waals surface area contributed by atoms with Crippen molar-refractivity contribution in [1.82, 2.24) is 9.80 Å². The van der Waals surface area contributed by atoms with Crippen molar-refractivity contribution in [3.8, 4) is 0 Å². The van der Waals surface area contributed by atoms with E-state index < -0.39 is 0 Å². The molecule has 1 saturated heterocycles. The fourth-order valence-corrected chi connectivity index (χ4v) is 2.36. The van der Waals surface area contributed by atoms with Gasteiger partial charge in [-0.1, -0.05) is 0 Å². The van der Waals surface area contributed by atoms with Crippen molar-refractivity contribution in [3.63, 3.8) is 0 Å². The van der Waals surface area contributed by atoms with Gasteiger partial charge in [0.25, 0.3) is 0 Å². The van der Waals surface area contributed by atoms with E-state index in [0.717, 1.165) is 12.8 Å². The number of rotatable bonds is 5. The molecule has 0 aliphatic carbocycles. The molecule has 1 unspecified atom stereocenters. The molecular weight excluding hydrogens is 188 g/mol. The van der Waals surface area contributed by atoms with Crippen molar-refractivity contribution in [2.75, 3.05) is 39.8 Å². The Morgan fingerprint density at radius 2 is 2.00 bits per heavy atom. The van der Waals surface area contributed by atoms with Gasteiger partial charge in [0.2, 0.25) is 0 Å². The van der Waals surface area contributed by atoms with Gasteiger partial charge in [-0.05, 0) is 59.3 Å². The molecule has 1 rings (SSSR count). The summed E-state index contributed by atoms with van der Waals surface area (Å²) < 4.78 is 0. The van der Waals surface area contributed by atoms with E-state index in [0.29, 0.717) is 12.6 Å². The molecule has 1 N–H and O–H groups in total. The molecule has 1 atom stereocenters. The van der Waals surface area contributed by atoms with Crippen LogP contribution in [-0.2, 0) is 0 Å². The van der Waals surface area contributed by atoms with Crippen LogP contribution >= 0.6 is 0 Å². The van der Waals surface area contributed by atoms with E-state index in [1.165, 1.54) is 39.0 Å². The lowest BCUT2D eigenvalue weighted by Crippen LogP contribution is -2.38. The molecular formula is C12H26N2O. The van der Waals surface area contributed by atoms with Crippen LogP contribution in [0.5, 0.6) is 0 Å². The first-order valence-corrected chi connectivity index (χ1v) is 6.27. The Labute approximate surface area is 94.1 Å². The van der Waals surface area contributed by atoms with E-state index in [4.69, 9.17) is 5.11 Å². The van der Waals surface area contributed by atoms with Crippen molar-refractivity contribution in [1.29, 1.82) is 0 Å². The minimum Gasteiger partial charge on any atom is -0.396 e. The van der Waals surface area contributed by atoms with E-state index in [2.05, 4.69) is 23.8 Å². The Bertz CT molecular complexity index is 164. The predicted octanol–water partition coefficient (Wildman–Crippen LogP) is 1.18. The van der Waals surface area contributed by atoms with Crippen LogP contribution < -0.4 is 0 Å². The number of nitrogens with zero attached hydrogens (tertiary/aromatic N) is 2. The quantitative estimate of drug-likeness (QED) is 0.696. The highest BCUT2D eigenvalue weighted by Crippen LogP contribution is 2.10. The van der Waals surface area contributed by atoms with Crippen LogP contribution in [0.4, 0.5) is 0 Å². The highest BCUT2D eigenvalue weighted by atomic mass is 16.2. The molecule has 3 heteroatoms. The van der Waals surface area contributed by atoms with E-state index in [-0.39, 0.29) is 0 Å². The van der Waals surface area contributed by atoms with Crippen molar-refractivity contribution >= 4 is 0 Å². The van der Waals surface area contributed by atoms with Gasteiger partial charge < -0.3 is 10.0 Å². The summed E-state index contributed by atoms with van der Waals surface area (Å²) in [6.45, 7) is 7.54. The van der Waals surface area contributed by atoms with E-state index in [1.807, 2.05) is 0 Å². The maximum Gasteiger partial charge on any atom is 0.0431 e. The fraction of sp³-hybridized carbons (Fsp3) is 1.00. The third-order valence-corrected chi connectivity index (χ3v) is 3.29. The second-order valence-electron chi connectivity index (χ2n) is 4.79. The third kappa shape index (κ3) is 4.96. The molecule has 1 fully saturated rings. The van der Waals surface area contributed by atoms with Crippen LogP contribution in [0.25, 0.3) is 0 Å². The summed E-state index contributed by atoms with van der Waals surface area (Å²) in [5.74, 6) is 0. The standard InChI is InChI=1S/C12H26N2O/c1-12-11-13(2)7-6-9-14(12)8-4-3-5-10-15/h12,15H,3-11H2,1-2H3. The molecule has 0 bridgehead atoms. The highest BCUT2D eigenvalue weighted by Gasteiger charge is 2.18. The minimum absolute atomic E-state index is 0.346. The molecule has 3 nitrogen and oxygen atoms in total. The third-order valence-electron chi connectivity index (χ3n) is 3.29. The Morgan fingerprint density at radius 1 is 1.20 bits per heavy atom. The summed E-state index contributed by atoms with van der Waals surface area (Å²) in [5, 5.41) is 8.71. The summed E-state index contributed by atoms with van der Waals surface area (Å²) in [6.07, 6.45) is 4.65. The van der Waals surface area contributed by atoms with Gasteiger partial charge in [-0.15, -0.1) is 0 Å². The lowest BCUT2D eigenvalue weighted by Gasteiger charge is -2.27. The lowest BCUT2D eigenvalue weighted by atomic mass is 10.2. The van der Waals surface area contributed by atoms with Gasteiger partial charge in [0.1, 0.15) is 0 Å². The smallest absolute Gasteiger partial charge is 0.0431 e. The molecule has 1 heterocycles. The van der Waals surface area contributed by atoms with Gasteiger partial charge in [0.15, 0.2) is 0 Å². The first-order valence-electron chi connectivity index (χ1n) is 6.27. The lowest BCUT2D eigenvalue weighted by molar-refractivity contribution is 0.196. The zero-order chi connectivity index (χ0) is 11.1. The number of unbranched alkanes of at least 4 members (excludes halogenated alkanes) is 2. The van der Waals surface area contributed by atoms with Crippen LogP contribution in [0.1, 0.15) is 32.6 Å². The van der Waals surface area contributed by atoms with Crippen LogP contribution in [0.15, 0.2) is 0 Å². The second-order valence-corrected chi connectivity index (χ2v) is 4.79. The average molecular weight is 214 g/mol. The SMILES string of the molecule is CC1CN(C)CCCN1CCCCCO. The average Bonchev–Trinajstić information content (AvgIpc) is 2.35. The van der Waals surface area contributed by atoms with Gasteiger partial charge in [-0.3, -0.25) is 4.90 Å². The van der Waals surface area contributed by atoms with Crippen LogP contribution in [0.2, 0.25) is 0 Å². The Kier molecular flexibility index (Phi) is 6.22. The van der Waals surface area contributed by atoms with Gasteiger partial charge in [-0.2, -0.15) is 0 Å². The monoisotopic (exact) mass is 214 g/mol. The van der Waals surface area contributed by atoms with Gasteiger partial charge in [-0.25, -0.2) is 0 Å².